The number of hydrogen-bond acceptors (Lipinski definition) is 3. The van der Waals surface area contributed by atoms with Gasteiger partial charge in [0.2, 0.25) is 0 Å². The number of H-pyrrole nitrogens is 1. The minimum atomic E-state index is -0.0611. The van der Waals surface area contributed by atoms with Crippen LogP contribution in [-0.2, 0) is 22.4 Å². The largest absolute Gasteiger partial charge is 0.466 e. The van der Waals surface area contributed by atoms with E-state index in [4.69, 9.17) is 4.74 Å². The average Bonchev–Trinajstić information content (AvgIpc) is 2.71. The van der Waals surface area contributed by atoms with Crippen molar-refractivity contribution < 1.29 is 9.53 Å². The highest BCUT2D eigenvalue weighted by atomic mass is 16.5. The molecule has 0 aliphatic heterocycles. The first-order chi connectivity index (χ1) is 8.13. The molecule has 1 atom stereocenters. The Morgan fingerprint density at radius 1 is 1.59 bits per heavy atom. The summed E-state index contributed by atoms with van der Waals surface area (Å²) in [5.74, 6) is 0.374. The number of fused-ring (bicyclic) bond motifs is 1. The normalized spacial score (nSPS) is 19.2. The first kappa shape index (κ1) is 12.1. The zero-order valence-corrected chi connectivity index (χ0v) is 10.7. The minimum Gasteiger partial charge on any atom is -0.466 e. The van der Waals surface area contributed by atoms with Crippen LogP contribution in [0.1, 0.15) is 50.1 Å². The van der Waals surface area contributed by atoms with Crippen LogP contribution >= 0.6 is 0 Å². The van der Waals surface area contributed by atoms with Gasteiger partial charge in [0, 0.05) is 5.69 Å². The van der Waals surface area contributed by atoms with Crippen molar-refractivity contribution in [3.8, 4) is 0 Å². The summed E-state index contributed by atoms with van der Waals surface area (Å²) >= 11 is 0. The van der Waals surface area contributed by atoms with Crippen LogP contribution in [0.2, 0.25) is 0 Å². The van der Waals surface area contributed by atoms with Crippen molar-refractivity contribution in [2.24, 2.45) is 5.92 Å². The van der Waals surface area contributed by atoms with Crippen LogP contribution in [0.15, 0.2) is 0 Å². The van der Waals surface area contributed by atoms with Crippen LogP contribution in [0.5, 0.6) is 0 Å². The number of hydrogen-bond donors (Lipinski definition) is 1. The van der Waals surface area contributed by atoms with Gasteiger partial charge in [-0.1, -0.05) is 13.8 Å². The average molecular weight is 236 g/mol. The molecule has 4 nitrogen and oxygen atoms in total. The van der Waals surface area contributed by atoms with Crippen molar-refractivity contribution in [1.29, 1.82) is 0 Å². The van der Waals surface area contributed by atoms with E-state index in [1.807, 2.05) is 6.92 Å². The fraction of sp³-hybridized carbons (Fsp3) is 0.692. The molecule has 0 saturated carbocycles. The summed E-state index contributed by atoms with van der Waals surface area (Å²) in [5.41, 5.74) is 3.55. The van der Waals surface area contributed by atoms with Crippen LogP contribution in [0.3, 0.4) is 0 Å². The van der Waals surface area contributed by atoms with Crippen molar-refractivity contribution in [3.05, 3.63) is 17.0 Å². The Morgan fingerprint density at radius 2 is 2.35 bits per heavy atom. The highest BCUT2D eigenvalue weighted by Crippen LogP contribution is 2.30. The van der Waals surface area contributed by atoms with Gasteiger partial charge in [0.15, 0.2) is 0 Å². The van der Waals surface area contributed by atoms with E-state index in [0.717, 1.165) is 25.0 Å². The zero-order chi connectivity index (χ0) is 12.4. The molecule has 94 valence electrons. The second kappa shape index (κ2) is 4.90. The molecule has 2 rings (SSSR count). The summed E-state index contributed by atoms with van der Waals surface area (Å²) in [6, 6.07) is 0. The second-order valence-corrected chi connectivity index (χ2v) is 4.91. The summed E-state index contributed by atoms with van der Waals surface area (Å²) < 4.78 is 5.10. The summed E-state index contributed by atoms with van der Waals surface area (Å²) in [6.07, 6.45) is 2.51. The highest BCUT2D eigenvalue weighted by Gasteiger charge is 2.29. The Balaban J connectivity index is 2.16. The third-order valence-corrected chi connectivity index (χ3v) is 3.36. The predicted molar refractivity (Wildman–Crippen MR) is 64.8 cm³/mol. The van der Waals surface area contributed by atoms with Crippen LogP contribution in [0, 0.1) is 5.92 Å². The van der Waals surface area contributed by atoms with E-state index in [2.05, 4.69) is 24.0 Å². The molecule has 1 heterocycles. The Morgan fingerprint density at radius 3 is 3.00 bits per heavy atom. The van der Waals surface area contributed by atoms with Crippen molar-refractivity contribution in [2.75, 3.05) is 6.61 Å². The number of aryl methyl sites for hydroxylation is 1. The molecule has 0 bridgehead atoms. The summed E-state index contributed by atoms with van der Waals surface area (Å²) in [6.45, 7) is 6.59. The van der Waals surface area contributed by atoms with Crippen molar-refractivity contribution in [3.63, 3.8) is 0 Å². The quantitative estimate of drug-likeness (QED) is 0.818. The van der Waals surface area contributed by atoms with Crippen LogP contribution < -0.4 is 0 Å². The number of nitrogens with one attached hydrogen (secondary N) is 1. The number of carbonyl (C=O) groups excluding carboxylic acids is 1. The SMILES string of the molecule is CCOC(=O)C1CCc2n[nH]c(C(C)C)c2C1. The first-order valence-electron chi connectivity index (χ1n) is 6.36. The van der Waals surface area contributed by atoms with Gasteiger partial charge in [0.1, 0.15) is 0 Å². The van der Waals surface area contributed by atoms with Gasteiger partial charge in [-0.2, -0.15) is 5.10 Å². The standard InChI is InChI=1S/C13H20N2O2/c1-4-17-13(16)9-5-6-11-10(7-9)12(8(2)3)15-14-11/h8-9H,4-7H2,1-3H3,(H,14,15). The van der Waals surface area contributed by atoms with Crippen molar-refractivity contribution >= 4 is 5.97 Å². The van der Waals surface area contributed by atoms with Crippen LogP contribution in [-0.4, -0.2) is 22.8 Å². The first-order valence-corrected chi connectivity index (χ1v) is 6.36. The Labute approximate surface area is 102 Å². The van der Waals surface area contributed by atoms with E-state index in [1.54, 1.807) is 0 Å². The van der Waals surface area contributed by atoms with Gasteiger partial charge in [-0.25, -0.2) is 0 Å². The lowest BCUT2D eigenvalue weighted by molar-refractivity contribution is -0.148. The van der Waals surface area contributed by atoms with E-state index in [9.17, 15) is 4.79 Å². The van der Waals surface area contributed by atoms with Crippen LogP contribution in [0.4, 0.5) is 0 Å². The minimum absolute atomic E-state index is 0.0116. The third kappa shape index (κ3) is 2.35. The third-order valence-electron chi connectivity index (χ3n) is 3.36. The van der Waals surface area contributed by atoms with Gasteiger partial charge < -0.3 is 4.74 Å². The predicted octanol–water partition coefficient (Wildman–Crippen LogP) is 2.20. The van der Waals surface area contributed by atoms with E-state index >= 15 is 0 Å². The molecular formula is C13H20N2O2. The number of carbonyl (C=O) groups is 1. The molecule has 1 unspecified atom stereocenters. The smallest absolute Gasteiger partial charge is 0.309 e. The molecule has 0 fully saturated rings. The lowest BCUT2D eigenvalue weighted by Crippen LogP contribution is -2.25. The van der Waals surface area contributed by atoms with Crippen molar-refractivity contribution in [1.82, 2.24) is 10.2 Å². The van der Waals surface area contributed by atoms with E-state index in [1.165, 1.54) is 11.3 Å². The molecule has 4 heteroatoms. The lowest BCUT2D eigenvalue weighted by Gasteiger charge is -2.21. The molecule has 1 aromatic heterocycles. The topological polar surface area (TPSA) is 55.0 Å². The summed E-state index contributed by atoms with van der Waals surface area (Å²) in [7, 11) is 0. The molecule has 17 heavy (non-hydrogen) atoms. The Bertz CT molecular complexity index is 410. The fourth-order valence-corrected chi connectivity index (χ4v) is 2.45. The lowest BCUT2D eigenvalue weighted by atomic mass is 9.85. The number of aromatic nitrogens is 2. The monoisotopic (exact) mass is 236 g/mol. The molecular weight excluding hydrogens is 216 g/mol. The molecule has 1 aliphatic rings. The number of nitrogens with zero attached hydrogens (tertiary/aromatic N) is 1. The maximum atomic E-state index is 11.8. The Hall–Kier alpha value is -1.32. The molecule has 0 spiro atoms. The van der Waals surface area contributed by atoms with Gasteiger partial charge in [-0.05, 0) is 37.7 Å². The number of esters is 1. The number of aromatic amines is 1. The Kier molecular flexibility index (Phi) is 3.50. The fourth-order valence-electron chi connectivity index (χ4n) is 2.45. The number of rotatable bonds is 3. The van der Waals surface area contributed by atoms with Crippen molar-refractivity contribution in [2.45, 2.75) is 46.0 Å². The van der Waals surface area contributed by atoms with Crippen LogP contribution in [0.25, 0.3) is 0 Å². The molecule has 1 aliphatic carbocycles. The van der Waals surface area contributed by atoms with Gasteiger partial charge >= 0.3 is 5.97 Å². The maximum absolute atomic E-state index is 11.8. The molecule has 1 N–H and O–H groups in total. The maximum Gasteiger partial charge on any atom is 0.309 e. The number of ether oxygens (including phenoxy) is 1. The molecule has 0 aromatic carbocycles. The van der Waals surface area contributed by atoms with Gasteiger partial charge in [0.25, 0.3) is 0 Å². The van der Waals surface area contributed by atoms with Gasteiger partial charge in [-0.15, -0.1) is 0 Å². The molecule has 0 radical (unpaired) electrons. The summed E-state index contributed by atoms with van der Waals surface area (Å²) in [5, 5.41) is 7.45. The van der Waals surface area contributed by atoms with E-state index in [-0.39, 0.29) is 11.9 Å². The second-order valence-electron chi connectivity index (χ2n) is 4.91. The molecule has 1 aromatic rings. The van der Waals surface area contributed by atoms with Gasteiger partial charge in [0.05, 0.1) is 18.2 Å². The zero-order valence-electron chi connectivity index (χ0n) is 10.7. The highest BCUT2D eigenvalue weighted by molar-refractivity contribution is 5.73. The molecule has 0 saturated heterocycles. The van der Waals surface area contributed by atoms with E-state index < -0.39 is 0 Å². The molecule has 0 amide bonds. The van der Waals surface area contributed by atoms with E-state index in [0.29, 0.717) is 12.5 Å². The van der Waals surface area contributed by atoms with Gasteiger partial charge in [-0.3, -0.25) is 9.89 Å². The summed E-state index contributed by atoms with van der Waals surface area (Å²) in [4.78, 5) is 11.8.